The van der Waals surface area contributed by atoms with Crippen LogP contribution in [0.4, 0.5) is 10.5 Å². The van der Waals surface area contributed by atoms with Crippen molar-refractivity contribution in [2.45, 2.75) is 77.2 Å². The molecule has 3 N–H and O–H groups in total. The van der Waals surface area contributed by atoms with Crippen molar-refractivity contribution in [2.75, 3.05) is 11.9 Å². The molecule has 1 aliphatic rings. The van der Waals surface area contributed by atoms with Gasteiger partial charge < -0.3 is 15.7 Å². The summed E-state index contributed by atoms with van der Waals surface area (Å²) in [5.74, 6) is 0.676. The lowest BCUT2D eigenvalue weighted by Crippen LogP contribution is -2.41. The molecule has 162 valence electrons. The molecule has 0 spiro atoms. The molecular formula is C26H36N2O2. The summed E-state index contributed by atoms with van der Waals surface area (Å²) in [4.78, 5) is 12.9. The van der Waals surface area contributed by atoms with E-state index in [9.17, 15) is 9.90 Å². The normalized spacial score (nSPS) is 15.6. The van der Waals surface area contributed by atoms with Crippen LogP contribution in [0.15, 0.2) is 42.5 Å². The average molecular weight is 409 g/mol. The van der Waals surface area contributed by atoms with Crippen LogP contribution in [0.1, 0.15) is 87.5 Å². The van der Waals surface area contributed by atoms with Gasteiger partial charge in [0.1, 0.15) is 0 Å². The Morgan fingerprint density at radius 2 is 1.53 bits per heavy atom. The first-order chi connectivity index (χ1) is 14.4. The van der Waals surface area contributed by atoms with Gasteiger partial charge in [0.15, 0.2) is 0 Å². The first-order valence-corrected chi connectivity index (χ1v) is 11.2. The van der Waals surface area contributed by atoms with E-state index in [4.69, 9.17) is 0 Å². The van der Waals surface area contributed by atoms with Crippen molar-refractivity contribution in [3.8, 4) is 0 Å². The smallest absolute Gasteiger partial charge is 0.319 e. The van der Waals surface area contributed by atoms with Crippen molar-refractivity contribution < 1.29 is 9.90 Å². The minimum absolute atomic E-state index is 0.0240. The van der Waals surface area contributed by atoms with Crippen molar-refractivity contribution in [3.05, 3.63) is 64.7 Å². The maximum absolute atomic E-state index is 12.9. The lowest BCUT2D eigenvalue weighted by Gasteiger charge is -2.30. The topological polar surface area (TPSA) is 61.4 Å². The van der Waals surface area contributed by atoms with Gasteiger partial charge in [-0.1, -0.05) is 83.0 Å². The van der Waals surface area contributed by atoms with Crippen molar-refractivity contribution in [2.24, 2.45) is 0 Å². The molecule has 4 nitrogen and oxygen atoms in total. The molecule has 2 aromatic rings. The number of aliphatic hydroxyl groups is 1. The summed E-state index contributed by atoms with van der Waals surface area (Å²) in [5.41, 5.74) is 5.45. The fourth-order valence-corrected chi connectivity index (χ4v) is 4.69. The third-order valence-corrected chi connectivity index (χ3v) is 6.51. The molecule has 0 saturated heterocycles. The summed E-state index contributed by atoms with van der Waals surface area (Å²) in [6, 6.07) is 14.4. The van der Waals surface area contributed by atoms with Gasteiger partial charge in [-0.05, 0) is 46.9 Å². The van der Waals surface area contributed by atoms with Gasteiger partial charge in [-0.15, -0.1) is 0 Å². The second-order valence-corrected chi connectivity index (χ2v) is 9.27. The molecule has 3 rings (SSSR count). The molecule has 0 aliphatic heterocycles. The van der Waals surface area contributed by atoms with Crippen LogP contribution >= 0.6 is 0 Å². The van der Waals surface area contributed by atoms with Crippen LogP contribution in [0.5, 0.6) is 0 Å². The minimum atomic E-state index is -0.136. The van der Waals surface area contributed by atoms with Crippen molar-refractivity contribution in [1.82, 2.24) is 5.32 Å². The molecule has 0 bridgehead atoms. The maximum Gasteiger partial charge on any atom is 0.319 e. The molecule has 1 aliphatic carbocycles. The summed E-state index contributed by atoms with van der Waals surface area (Å²) < 4.78 is 0. The second-order valence-electron chi connectivity index (χ2n) is 9.27. The fraction of sp³-hybridized carbons (Fsp3) is 0.500. The van der Waals surface area contributed by atoms with Crippen molar-refractivity contribution in [1.29, 1.82) is 0 Å². The molecule has 0 aromatic heterocycles. The summed E-state index contributed by atoms with van der Waals surface area (Å²) in [6.07, 6.45) is 4.51. The third kappa shape index (κ3) is 4.86. The highest BCUT2D eigenvalue weighted by Crippen LogP contribution is 2.41. The monoisotopic (exact) mass is 408 g/mol. The zero-order valence-corrected chi connectivity index (χ0v) is 18.8. The minimum Gasteiger partial charge on any atom is -0.392 e. The standard InChI is InChI=1S/C26H36N2O2/c1-18(2)22-8-7-9-23(19(3)4)24(22)28-25(30)27-17-26(14-5-6-15-26)21-12-10-20(16-29)11-13-21/h7-13,18-19,29H,5-6,14-17H2,1-4H3,(H2,27,28,30). The van der Waals surface area contributed by atoms with Gasteiger partial charge in [-0.3, -0.25) is 0 Å². The van der Waals surface area contributed by atoms with Crippen LogP contribution in [-0.2, 0) is 12.0 Å². The Kier molecular flexibility index (Phi) is 7.19. The highest BCUT2D eigenvalue weighted by molar-refractivity contribution is 5.91. The number of urea groups is 1. The van der Waals surface area contributed by atoms with E-state index in [1.54, 1.807) is 0 Å². The van der Waals surface area contributed by atoms with Gasteiger partial charge >= 0.3 is 6.03 Å². The molecule has 0 radical (unpaired) electrons. The zero-order chi connectivity index (χ0) is 21.7. The number of rotatable bonds is 7. The number of carbonyl (C=O) groups is 1. The number of para-hydroxylation sites is 1. The van der Waals surface area contributed by atoms with Crippen molar-refractivity contribution >= 4 is 11.7 Å². The molecule has 0 heterocycles. The first kappa shape index (κ1) is 22.4. The van der Waals surface area contributed by atoms with E-state index in [0.717, 1.165) is 24.1 Å². The number of carbonyl (C=O) groups excluding carboxylic acids is 1. The van der Waals surface area contributed by atoms with E-state index < -0.39 is 0 Å². The SMILES string of the molecule is CC(C)c1cccc(C(C)C)c1NC(=O)NCC1(c2ccc(CO)cc2)CCCC1. The second kappa shape index (κ2) is 9.65. The van der Waals surface area contributed by atoms with Gasteiger partial charge in [0.05, 0.1) is 6.61 Å². The van der Waals surface area contributed by atoms with Crippen LogP contribution in [0.25, 0.3) is 0 Å². The Balaban J connectivity index is 1.76. The number of benzene rings is 2. The summed E-state index contributed by atoms with van der Waals surface area (Å²) >= 11 is 0. The molecule has 1 saturated carbocycles. The van der Waals surface area contributed by atoms with E-state index in [-0.39, 0.29) is 18.1 Å². The Morgan fingerprint density at radius 3 is 2.03 bits per heavy atom. The van der Waals surface area contributed by atoms with E-state index in [2.05, 4.69) is 68.7 Å². The largest absolute Gasteiger partial charge is 0.392 e. The molecule has 0 unspecified atom stereocenters. The van der Waals surface area contributed by atoms with Gasteiger partial charge in [-0.25, -0.2) is 4.79 Å². The fourth-order valence-electron chi connectivity index (χ4n) is 4.69. The number of hydrogen-bond acceptors (Lipinski definition) is 2. The highest BCUT2D eigenvalue weighted by Gasteiger charge is 2.36. The summed E-state index contributed by atoms with van der Waals surface area (Å²) in [5, 5.41) is 15.7. The van der Waals surface area contributed by atoms with Crippen LogP contribution in [0, 0.1) is 0 Å². The number of hydrogen-bond donors (Lipinski definition) is 3. The molecular weight excluding hydrogens is 372 g/mol. The predicted molar refractivity (Wildman–Crippen MR) is 124 cm³/mol. The van der Waals surface area contributed by atoms with Crippen molar-refractivity contribution in [3.63, 3.8) is 0 Å². The number of anilines is 1. The molecule has 2 aromatic carbocycles. The third-order valence-electron chi connectivity index (χ3n) is 6.51. The lowest BCUT2D eigenvalue weighted by molar-refractivity contribution is 0.248. The van der Waals surface area contributed by atoms with E-state index in [0.29, 0.717) is 18.4 Å². The molecule has 2 amide bonds. The van der Waals surface area contributed by atoms with Gasteiger partial charge in [0, 0.05) is 17.6 Å². The average Bonchev–Trinajstić information content (AvgIpc) is 3.22. The zero-order valence-electron chi connectivity index (χ0n) is 18.8. The van der Waals surface area contributed by atoms with E-state index in [1.807, 2.05) is 12.1 Å². The lowest BCUT2D eigenvalue weighted by atomic mass is 9.78. The Bertz CT molecular complexity index is 824. The summed E-state index contributed by atoms with van der Waals surface area (Å²) in [7, 11) is 0. The van der Waals surface area contributed by atoms with Gasteiger partial charge in [-0.2, -0.15) is 0 Å². The van der Waals surface area contributed by atoms with Gasteiger partial charge in [0.2, 0.25) is 0 Å². The van der Waals surface area contributed by atoms with Crippen LogP contribution in [0.2, 0.25) is 0 Å². The first-order valence-electron chi connectivity index (χ1n) is 11.2. The Morgan fingerprint density at radius 1 is 0.967 bits per heavy atom. The predicted octanol–water partition coefficient (Wildman–Crippen LogP) is 6.06. The van der Waals surface area contributed by atoms with Crippen LogP contribution in [0.3, 0.4) is 0 Å². The molecule has 0 atom stereocenters. The maximum atomic E-state index is 12.9. The van der Waals surface area contributed by atoms with Crippen LogP contribution in [-0.4, -0.2) is 17.7 Å². The Labute approximate surface area is 181 Å². The Hall–Kier alpha value is -2.33. The molecule has 30 heavy (non-hydrogen) atoms. The highest BCUT2D eigenvalue weighted by atomic mass is 16.3. The van der Waals surface area contributed by atoms with Gasteiger partial charge in [0.25, 0.3) is 0 Å². The summed E-state index contributed by atoms with van der Waals surface area (Å²) in [6.45, 7) is 9.32. The molecule has 4 heteroatoms. The van der Waals surface area contributed by atoms with E-state index in [1.165, 1.54) is 29.5 Å². The number of aliphatic hydroxyl groups excluding tert-OH is 1. The molecule has 1 fully saturated rings. The number of nitrogens with one attached hydrogen (secondary N) is 2. The quantitative estimate of drug-likeness (QED) is 0.521. The van der Waals surface area contributed by atoms with E-state index >= 15 is 0 Å². The van der Waals surface area contributed by atoms with Crippen LogP contribution < -0.4 is 10.6 Å². The number of amides is 2.